The van der Waals surface area contributed by atoms with Gasteiger partial charge in [0.25, 0.3) is 0 Å². The second-order valence-corrected chi connectivity index (χ2v) is 6.08. The molecule has 0 unspecified atom stereocenters. The molecule has 0 aliphatic heterocycles. The van der Waals surface area contributed by atoms with Crippen molar-refractivity contribution in [2.24, 2.45) is 0 Å². The van der Waals surface area contributed by atoms with Gasteiger partial charge in [0, 0.05) is 12.3 Å². The van der Waals surface area contributed by atoms with Crippen molar-refractivity contribution in [1.82, 2.24) is 19.6 Å². The minimum Gasteiger partial charge on any atom is -0.308 e. The zero-order valence-corrected chi connectivity index (χ0v) is 14.3. The number of benzene rings is 1. The van der Waals surface area contributed by atoms with Gasteiger partial charge in [-0.3, -0.25) is 14.2 Å². The molecule has 1 N–H and O–H groups in total. The fraction of sp³-hybridized carbons (Fsp3) is 0.235. The van der Waals surface area contributed by atoms with Gasteiger partial charge in [-0.2, -0.15) is 10.2 Å². The van der Waals surface area contributed by atoms with Gasteiger partial charge in [-0.1, -0.05) is 41.4 Å². The summed E-state index contributed by atoms with van der Waals surface area (Å²) in [4.78, 5) is 12.1. The molecule has 24 heavy (non-hydrogen) atoms. The van der Waals surface area contributed by atoms with Crippen LogP contribution in [0.4, 0.5) is 5.82 Å². The van der Waals surface area contributed by atoms with Gasteiger partial charge in [0.05, 0.1) is 23.5 Å². The third-order valence-electron chi connectivity index (χ3n) is 3.71. The molecule has 0 bridgehead atoms. The SMILES string of the molecule is Cc1ccc(Cn2ccc(NC(=O)Cn3ncc(Cl)c3C)n2)cc1. The Balaban J connectivity index is 1.60. The van der Waals surface area contributed by atoms with Crippen LogP contribution in [-0.2, 0) is 17.9 Å². The Morgan fingerprint density at radius 1 is 1.21 bits per heavy atom. The lowest BCUT2D eigenvalue weighted by molar-refractivity contribution is -0.117. The van der Waals surface area contributed by atoms with Gasteiger partial charge in [-0.05, 0) is 19.4 Å². The molecule has 0 radical (unpaired) electrons. The van der Waals surface area contributed by atoms with Gasteiger partial charge in [-0.15, -0.1) is 0 Å². The van der Waals surface area contributed by atoms with E-state index in [1.807, 2.05) is 13.1 Å². The monoisotopic (exact) mass is 343 g/mol. The number of anilines is 1. The van der Waals surface area contributed by atoms with E-state index >= 15 is 0 Å². The standard InChI is InChI=1S/C17H18ClN5O/c1-12-3-5-14(6-4-12)10-22-8-7-16(21-22)20-17(24)11-23-13(2)15(18)9-19-23/h3-9H,10-11H2,1-2H3,(H,20,21,24). The molecule has 3 rings (SSSR count). The molecule has 7 heteroatoms. The molecule has 0 aliphatic carbocycles. The number of hydrogen-bond acceptors (Lipinski definition) is 3. The Morgan fingerprint density at radius 2 is 1.96 bits per heavy atom. The largest absolute Gasteiger partial charge is 0.308 e. The first kappa shape index (κ1) is 16.3. The third-order valence-corrected chi connectivity index (χ3v) is 4.08. The first-order valence-electron chi connectivity index (χ1n) is 7.58. The number of aromatic nitrogens is 4. The average Bonchev–Trinajstić information content (AvgIpc) is 3.11. The van der Waals surface area contributed by atoms with Crippen LogP contribution in [0.5, 0.6) is 0 Å². The van der Waals surface area contributed by atoms with E-state index in [1.54, 1.807) is 15.4 Å². The maximum atomic E-state index is 12.1. The summed E-state index contributed by atoms with van der Waals surface area (Å²) in [5.41, 5.74) is 3.14. The smallest absolute Gasteiger partial charge is 0.247 e. The highest BCUT2D eigenvalue weighted by atomic mass is 35.5. The van der Waals surface area contributed by atoms with Crippen LogP contribution in [0.1, 0.15) is 16.8 Å². The van der Waals surface area contributed by atoms with Crippen LogP contribution in [0.25, 0.3) is 0 Å². The van der Waals surface area contributed by atoms with Gasteiger partial charge in [0.1, 0.15) is 6.54 Å². The Hall–Kier alpha value is -2.60. The summed E-state index contributed by atoms with van der Waals surface area (Å²) in [6.07, 6.45) is 3.37. The average molecular weight is 344 g/mol. The van der Waals surface area contributed by atoms with Crippen LogP contribution in [0, 0.1) is 13.8 Å². The van der Waals surface area contributed by atoms with E-state index < -0.39 is 0 Å². The van der Waals surface area contributed by atoms with E-state index in [9.17, 15) is 4.79 Å². The van der Waals surface area contributed by atoms with E-state index in [2.05, 4.69) is 46.7 Å². The van der Waals surface area contributed by atoms with Gasteiger partial charge < -0.3 is 5.32 Å². The molecule has 3 aromatic rings. The molecule has 0 saturated carbocycles. The number of halogens is 1. The van der Waals surface area contributed by atoms with E-state index in [0.29, 0.717) is 17.4 Å². The molecule has 6 nitrogen and oxygen atoms in total. The van der Waals surface area contributed by atoms with Crippen molar-refractivity contribution < 1.29 is 4.79 Å². The molecule has 0 spiro atoms. The highest BCUT2D eigenvalue weighted by Crippen LogP contribution is 2.13. The second-order valence-electron chi connectivity index (χ2n) is 5.67. The van der Waals surface area contributed by atoms with E-state index in [-0.39, 0.29) is 12.5 Å². The minimum atomic E-state index is -0.196. The zero-order chi connectivity index (χ0) is 17.1. The lowest BCUT2D eigenvalue weighted by Crippen LogP contribution is -2.20. The first-order chi connectivity index (χ1) is 11.5. The topological polar surface area (TPSA) is 64.7 Å². The predicted octanol–water partition coefficient (Wildman–Crippen LogP) is 3.04. The minimum absolute atomic E-state index is 0.101. The van der Waals surface area contributed by atoms with E-state index in [0.717, 1.165) is 11.3 Å². The Bertz CT molecular complexity index is 850. The molecule has 0 aliphatic rings. The van der Waals surface area contributed by atoms with Crippen molar-refractivity contribution in [2.75, 3.05) is 5.32 Å². The second kappa shape index (κ2) is 6.88. The van der Waals surface area contributed by atoms with Crippen molar-refractivity contribution in [3.63, 3.8) is 0 Å². The molecule has 124 valence electrons. The first-order valence-corrected chi connectivity index (χ1v) is 7.96. The summed E-state index contributed by atoms with van der Waals surface area (Å²) in [5.74, 6) is 0.321. The maximum Gasteiger partial charge on any atom is 0.247 e. The number of nitrogens with zero attached hydrogens (tertiary/aromatic N) is 4. The lowest BCUT2D eigenvalue weighted by atomic mass is 10.1. The summed E-state index contributed by atoms with van der Waals surface area (Å²) in [5, 5.41) is 11.7. The molecular weight excluding hydrogens is 326 g/mol. The van der Waals surface area contributed by atoms with Crippen LogP contribution in [0.3, 0.4) is 0 Å². The zero-order valence-electron chi connectivity index (χ0n) is 13.5. The van der Waals surface area contributed by atoms with E-state index in [1.165, 1.54) is 11.8 Å². The van der Waals surface area contributed by atoms with Crippen molar-refractivity contribution in [1.29, 1.82) is 0 Å². The molecular formula is C17H18ClN5O. The van der Waals surface area contributed by atoms with Crippen LogP contribution < -0.4 is 5.32 Å². The summed E-state index contributed by atoms with van der Waals surface area (Å²) in [6.45, 7) is 4.63. The van der Waals surface area contributed by atoms with Gasteiger partial charge in [0.15, 0.2) is 5.82 Å². The Labute approximate surface area is 145 Å². The highest BCUT2D eigenvalue weighted by molar-refractivity contribution is 6.31. The maximum absolute atomic E-state index is 12.1. The summed E-state index contributed by atoms with van der Waals surface area (Å²) in [6, 6.07) is 10.0. The van der Waals surface area contributed by atoms with Crippen molar-refractivity contribution in [3.8, 4) is 0 Å². The molecule has 2 aromatic heterocycles. The number of amides is 1. The molecule has 1 amide bonds. The summed E-state index contributed by atoms with van der Waals surface area (Å²) < 4.78 is 3.34. The quantitative estimate of drug-likeness (QED) is 0.774. The van der Waals surface area contributed by atoms with Gasteiger partial charge in [0.2, 0.25) is 5.91 Å². The fourth-order valence-electron chi connectivity index (χ4n) is 2.30. The van der Waals surface area contributed by atoms with Crippen LogP contribution in [0.15, 0.2) is 42.7 Å². The highest BCUT2D eigenvalue weighted by Gasteiger charge is 2.10. The lowest BCUT2D eigenvalue weighted by Gasteiger charge is -2.05. The number of rotatable bonds is 5. The van der Waals surface area contributed by atoms with Gasteiger partial charge >= 0.3 is 0 Å². The predicted molar refractivity (Wildman–Crippen MR) is 93.1 cm³/mol. The van der Waals surface area contributed by atoms with Crippen LogP contribution in [-0.4, -0.2) is 25.5 Å². The normalized spacial score (nSPS) is 10.8. The molecule has 2 heterocycles. The summed E-state index contributed by atoms with van der Waals surface area (Å²) >= 11 is 5.93. The number of hydrogen-bond donors (Lipinski definition) is 1. The van der Waals surface area contributed by atoms with Gasteiger partial charge in [-0.25, -0.2) is 0 Å². The molecule has 1 aromatic carbocycles. The van der Waals surface area contributed by atoms with Crippen LogP contribution >= 0.6 is 11.6 Å². The molecule has 0 saturated heterocycles. The number of aryl methyl sites for hydroxylation is 1. The summed E-state index contributed by atoms with van der Waals surface area (Å²) in [7, 11) is 0. The Morgan fingerprint density at radius 3 is 2.62 bits per heavy atom. The van der Waals surface area contributed by atoms with Crippen LogP contribution in [0.2, 0.25) is 5.02 Å². The van der Waals surface area contributed by atoms with Crippen molar-refractivity contribution in [2.45, 2.75) is 26.9 Å². The number of nitrogens with one attached hydrogen (secondary N) is 1. The van der Waals surface area contributed by atoms with Crippen molar-refractivity contribution in [3.05, 3.63) is 64.6 Å². The van der Waals surface area contributed by atoms with Crippen molar-refractivity contribution >= 4 is 23.3 Å². The number of carbonyl (C=O) groups is 1. The Kier molecular flexibility index (Phi) is 4.66. The number of carbonyl (C=O) groups excluding carboxylic acids is 1. The molecule has 0 fully saturated rings. The molecule has 0 atom stereocenters. The third kappa shape index (κ3) is 3.83. The fourth-order valence-corrected chi connectivity index (χ4v) is 2.44. The van der Waals surface area contributed by atoms with E-state index in [4.69, 9.17) is 11.6 Å².